The van der Waals surface area contributed by atoms with Crippen molar-refractivity contribution >= 4 is 16.9 Å². The quantitative estimate of drug-likeness (QED) is 0.327. The molecule has 7 heteroatoms. The molecular formula is C28H24N4O3. The SMILES string of the molecule is CCOc1ccc(-n2cc(-c3ccccc3)c3c(NCc4ccc5c(c4)OCO5)ncnc32)cc1. The van der Waals surface area contributed by atoms with Crippen LogP contribution in [-0.2, 0) is 6.54 Å². The highest BCUT2D eigenvalue weighted by molar-refractivity contribution is 6.02. The van der Waals surface area contributed by atoms with Crippen LogP contribution in [0.2, 0.25) is 0 Å². The van der Waals surface area contributed by atoms with Crippen molar-refractivity contribution in [1.29, 1.82) is 0 Å². The minimum absolute atomic E-state index is 0.262. The van der Waals surface area contributed by atoms with Gasteiger partial charge in [-0.1, -0.05) is 36.4 Å². The summed E-state index contributed by atoms with van der Waals surface area (Å²) in [5, 5.41) is 4.48. The number of ether oxygens (including phenoxy) is 3. The molecule has 0 saturated heterocycles. The fourth-order valence-corrected chi connectivity index (χ4v) is 4.34. The lowest BCUT2D eigenvalue weighted by Gasteiger charge is -2.10. The van der Waals surface area contributed by atoms with E-state index in [4.69, 9.17) is 14.2 Å². The first kappa shape index (κ1) is 21.0. The zero-order valence-corrected chi connectivity index (χ0v) is 19.3. The molecule has 6 rings (SSSR count). The first-order valence-electron chi connectivity index (χ1n) is 11.6. The second-order valence-electron chi connectivity index (χ2n) is 8.17. The summed E-state index contributed by atoms with van der Waals surface area (Å²) in [6, 6.07) is 24.3. The molecule has 0 radical (unpaired) electrons. The van der Waals surface area contributed by atoms with Crippen LogP contribution in [0.4, 0.5) is 5.82 Å². The largest absolute Gasteiger partial charge is 0.494 e. The lowest BCUT2D eigenvalue weighted by atomic mass is 10.1. The predicted molar refractivity (Wildman–Crippen MR) is 135 cm³/mol. The fraction of sp³-hybridized carbons (Fsp3) is 0.143. The summed E-state index contributed by atoms with van der Waals surface area (Å²) in [6.07, 6.45) is 3.72. The van der Waals surface area contributed by atoms with E-state index in [-0.39, 0.29) is 6.79 Å². The lowest BCUT2D eigenvalue weighted by Crippen LogP contribution is -2.03. The van der Waals surface area contributed by atoms with Gasteiger partial charge in [0, 0.05) is 24.0 Å². The molecule has 7 nitrogen and oxygen atoms in total. The van der Waals surface area contributed by atoms with Crippen molar-refractivity contribution in [3.8, 4) is 34.1 Å². The standard InChI is InChI=1S/C28H24N4O3/c1-2-33-22-11-9-21(10-12-22)32-16-23(20-6-4-3-5-7-20)26-27(30-17-31-28(26)32)29-15-19-8-13-24-25(14-19)35-18-34-24/h3-14,16-17H,2,15,18H2,1H3,(H,29,30,31). The van der Waals surface area contributed by atoms with Crippen LogP contribution in [-0.4, -0.2) is 27.9 Å². The molecule has 0 spiro atoms. The van der Waals surface area contributed by atoms with E-state index in [0.717, 1.165) is 56.5 Å². The van der Waals surface area contributed by atoms with E-state index in [0.29, 0.717) is 13.2 Å². The number of fused-ring (bicyclic) bond motifs is 2. The van der Waals surface area contributed by atoms with Crippen LogP contribution < -0.4 is 19.5 Å². The molecule has 1 aliphatic rings. The fourth-order valence-electron chi connectivity index (χ4n) is 4.34. The van der Waals surface area contributed by atoms with Crippen LogP contribution in [0.25, 0.3) is 27.8 Å². The zero-order chi connectivity index (χ0) is 23.6. The van der Waals surface area contributed by atoms with Crippen LogP contribution in [0.1, 0.15) is 12.5 Å². The van der Waals surface area contributed by atoms with Crippen molar-refractivity contribution < 1.29 is 14.2 Å². The molecule has 1 N–H and O–H groups in total. The normalized spacial score (nSPS) is 12.1. The Hall–Kier alpha value is -4.52. The summed E-state index contributed by atoms with van der Waals surface area (Å²) in [4.78, 5) is 9.28. The molecule has 0 aliphatic carbocycles. The number of rotatable bonds is 7. The van der Waals surface area contributed by atoms with Gasteiger partial charge in [0.15, 0.2) is 17.1 Å². The Bertz CT molecular complexity index is 1480. The van der Waals surface area contributed by atoms with Gasteiger partial charge in [0.2, 0.25) is 6.79 Å². The molecule has 3 heterocycles. The van der Waals surface area contributed by atoms with Gasteiger partial charge in [0.1, 0.15) is 17.9 Å². The van der Waals surface area contributed by atoms with E-state index < -0.39 is 0 Å². The van der Waals surface area contributed by atoms with Crippen molar-refractivity contribution in [2.75, 3.05) is 18.7 Å². The Morgan fingerprint density at radius 1 is 0.943 bits per heavy atom. The van der Waals surface area contributed by atoms with Crippen LogP contribution >= 0.6 is 0 Å². The number of nitrogens with one attached hydrogen (secondary N) is 1. The maximum atomic E-state index is 5.62. The maximum Gasteiger partial charge on any atom is 0.231 e. The Morgan fingerprint density at radius 2 is 1.77 bits per heavy atom. The molecule has 35 heavy (non-hydrogen) atoms. The summed E-state index contributed by atoms with van der Waals surface area (Å²) < 4.78 is 18.7. The maximum absolute atomic E-state index is 5.62. The third kappa shape index (κ3) is 4.01. The topological polar surface area (TPSA) is 70.4 Å². The molecule has 1 aliphatic heterocycles. The first-order chi connectivity index (χ1) is 17.3. The number of benzene rings is 3. The average molecular weight is 465 g/mol. The minimum Gasteiger partial charge on any atom is -0.494 e. The molecule has 0 atom stereocenters. The summed E-state index contributed by atoms with van der Waals surface area (Å²) in [5.74, 6) is 3.16. The van der Waals surface area contributed by atoms with E-state index >= 15 is 0 Å². The Labute approximate surface area is 202 Å². The van der Waals surface area contributed by atoms with E-state index in [9.17, 15) is 0 Å². The minimum atomic E-state index is 0.262. The van der Waals surface area contributed by atoms with Crippen molar-refractivity contribution in [2.24, 2.45) is 0 Å². The molecule has 3 aromatic carbocycles. The smallest absolute Gasteiger partial charge is 0.231 e. The van der Waals surface area contributed by atoms with Crippen LogP contribution in [0.3, 0.4) is 0 Å². The Kier molecular flexibility index (Phi) is 5.42. The first-order valence-corrected chi connectivity index (χ1v) is 11.6. The average Bonchev–Trinajstić information content (AvgIpc) is 3.54. The summed E-state index contributed by atoms with van der Waals surface area (Å²) in [7, 11) is 0. The molecule has 0 fully saturated rings. The highest BCUT2D eigenvalue weighted by Gasteiger charge is 2.18. The molecule has 0 amide bonds. The number of anilines is 1. The molecular weight excluding hydrogens is 440 g/mol. The van der Waals surface area contributed by atoms with Crippen LogP contribution in [0.15, 0.2) is 85.3 Å². The summed E-state index contributed by atoms with van der Waals surface area (Å²) >= 11 is 0. The lowest BCUT2D eigenvalue weighted by molar-refractivity contribution is 0.174. The summed E-state index contributed by atoms with van der Waals surface area (Å²) in [6.45, 7) is 3.47. The van der Waals surface area contributed by atoms with Gasteiger partial charge in [-0.25, -0.2) is 9.97 Å². The molecule has 0 unspecified atom stereocenters. The van der Waals surface area contributed by atoms with E-state index in [1.807, 2.05) is 67.6 Å². The number of hydrogen-bond acceptors (Lipinski definition) is 6. The highest BCUT2D eigenvalue weighted by Crippen LogP contribution is 2.36. The van der Waals surface area contributed by atoms with Crippen LogP contribution in [0.5, 0.6) is 17.2 Å². The van der Waals surface area contributed by atoms with Crippen molar-refractivity contribution in [2.45, 2.75) is 13.5 Å². The van der Waals surface area contributed by atoms with Gasteiger partial charge in [-0.05, 0) is 54.4 Å². The molecule has 5 aromatic rings. The van der Waals surface area contributed by atoms with E-state index in [1.165, 1.54) is 0 Å². The molecule has 0 saturated carbocycles. The van der Waals surface area contributed by atoms with Gasteiger partial charge in [0.05, 0.1) is 12.0 Å². The second-order valence-corrected chi connectivity index (χ2v) is 8.17. The molecule has 174 valence electrons. The van der Waals surface area contributed by atoms with E-state index in [1.54, 1.807) is 6.33 Å². The Morgan fingerprint density at radius 3 is 2.60 bits per heavy atom. The van der Waals surface area contributed by atoms with Gasteiger partial charge >= 0.3 is 0 Å². The van der Waals surface area contributed by atoms with Crippen molar-refractivity contribution in [3.63, 3.8) is 0 Å². The van der Waals surface area contributed by atoms with Gasteiger partial charge in [-0.3, -0.25) is 0 Å². The number of nitrogens with zero attached hydrogens (tertiary/aromatic N) is 3. The monoisotopic (exact) mass is 464 g/mol. The van der Waals surface area contributed by atoms with Gasteiger partial charge in [0.25, 0.3) is 0 Å². The van der Waals surface area contributed by atoms with Crippen molar-refractivity contribution in [1.82, 2.24) is 14.5 Å². The zero-order valence-electron chi connectivity index (χ0n) is 19.3. The van der Waals surface area contributed by atoms with Gasteiger partial charge in [-0.15, -0.1) is 0 Å². The third-order valence-electron chi connectivity index (χ3n) is 5.99. The second kappa shape index (κ2) is 9.02. The Balaban J connectivity index is 1.42. The third-order valence-corrected chi connectivity index (χ3v) is 5.99. The predicted octanol–water partition coefficient (Wildman–Crippen LogP) is 5.83. The van der Waals surface area contributed by atoms with Gasteiger partial charge < -0.3 is 24.1 Å². The van der Waals surface area contributed by atoms with Gasteiger partial charge in [-0.2, -0.15) is 0 Å². The molecule has 2 aromatic heterocycles. The molecule has 0 bridgehead atoms. The summed E-state index contributed by atoms with van der Waals surface area (Å²) in [5.41, 5.74) is 5.07. The number of hydrogen-bond donors (Lipinski definition) is 1. The van der Waals surface area contributed by atoms with E-state index in [2.05, 4.69) is 38.2 Å². The highest BCUT2D eigenvalue weighted by atomic mass is 16.7. The van der Waals surface area contributed by atoms with Crippen molar-refractivity contribution in [3.05, 3.63) is 90.9 Å². The number of aromatic nitrogens is 3. The van der Waals surface area contributed by atoms with Crippen LogP contribution in [0, 0.1) is 0 Å².